The van der Waals surface area contributed by atoms with E-state index in [1.54, 1.807) is 43.3 Å². The van der Waals surface area contributed by atoms with Crippen molar-refractivity contribution in [1.82, 2.24) is 10.2 Å². The van der Waals surface area contributed by atoms with Gasteiger partial charge in [0, 0.05) is 5.69 Å². The van der Waals surface area contributed by atoms with Crippen molar-refractivity contribution >= 4 is 23.5 Å². The van der Waals surface area contributed by atoms with E-state index in [4.69, 9.17) is 4.42 Å². The van der Waals surface area contributed by atoms with E-state index in [1.165, 1.54) is 6.26 Å². The van der Waals surface area contributed by atoms with Gasteiger partial charge in [-0.05, 0) is 31.2 Å². The van der Waals surface area contributed by atoms with E-state index in [1.807, 2.05) is 6.07 Å². The number of nitrogens with one attached hydrogen (secondary N) is 2. The van der Waals surface area contributed by atoms with Crippen molar-refractivity contribution in [2.75, 3.05) is 11.9 Å². The van der Waals surface area contributed by atoms with Crippen LogP contribution in [0, 0.1) is 0 Å². The maximum atomic E-state index is 12.5. The van der Waals surface area contributed by atoms with Gasteiger partial charge in [0.15, 0.2) is 5.54 Å². The van der Waals surface area contributed by atoms with E-state index in [-0.39, 0.29) is 6.54 Å². The lowest BCUT2D eigenvalue weighted by Gasteiger charge is -2.18. The van der Waals surface area contributed by atoms with Crippen molar-refractivity contribution < 1.29 is 18.8 Å². The number of anilines is 1. The first-order chi connectivity index (χ1) is 11.0. The molecule has 7 heteroatoms. The summed E-state index contributed by atoms with van der Waals surface area (Å²) in [6.45, 7) is 1.18. The SMILES string of the molecule is CC1(c2ccco2)NC(=O)N(CC(=O)Nc2ccccc2)C1=O. The molecule has 0 radical (unpaired) electrons. The quantitative estimate of drug-likeness (QED) is 0.840. The number of carbonyl (C=O) groups is 3. The number of urea groups is 1. The average molecular weight is 313 g/mol. The molecule has 1 saturated heterocycles. The van der Waals surface area contributed by atoms with Crippen LogP contribution in [0.15, 0.2) is 53.1 Å². The molecule has 118 valence electrons. The molecule has 1 aliphatic heterocycles. The Morgan fingerprint density at radius 3 is 2.61 bits per heavy atom. The molecule has 1 aromatic heterocycles. The van der Waals surface area contributed by atoms with Crippen LogP contribution in [0.3, 0.4) is 0 Å². The zero-order chi connectivity index (χ0) is 16.4. The summed E-state index contributed by atoms with van der Waals surface area (Å²) in [5.41, 5.74) is -0.702. The highest BCUT2D eigenvalue weighted by molar-refractivity contribution is 6.09. The second-order valence-corrected chi connectivity index (χ2v) is 5.34. The summed E-state index contributed by atoms with van der Waals surface area (Å²) in [5, 5.41) is 5.20. The molecule has 1 fully saturated rings. The molecule has 23 heavy (non-hydrogen) atoms. The third-order valence-electron chi connectivity index (χ3n) is 3.65. The van der Waals surface area contributed by atoms with Gasteiger partial charge in [0.2, 0.25) is 5.91 Å². The smallest absolute Gasteiger partial charge is 0.325 e. The summed E-state index contributed by atoms with van der Waals surface area (Å²) >= 11 is 0. The summed E-state index contributed by atoms with van der Waals surface area (Å²) in [5.74, 6) is -0.661. The van der Waals surface area contributed by atoms with Crippen LogP contribution in [0.5, 0.6) is 0 Å². The lowest BCUT2D eigenvalue weighted by Crippen LogP contribution is -2.41. The first-order valence-electron chi connectivity index (χ1n) is 7.04. The molecule has 2 heterocycles. The molecule has 0 bridgehead atoms. The van der Waals surface area contributed by atoms with Crippen molar-refractivity contribution in [2.45, 2.75) is 12.5 Å². The largest absolute Gasteiger partial charge is 0.466 e. The number of para-hydroxylation sites is 1. The van der Waals surface area contributed by atoms with Crippen molar-refractivity contribution in [3.05, 3.63) is 54.5 Å². The number of amides is 4. The predicted octanol–water partition coefficient (Wildman–Crippen LogP) is 1.69. The molecule has 3 rings (SSSR count). The van der Waals surface area contributed by atoms with Crippen LogP contribution in [0.2, 0.25) is 0 Å². The molecular formula is C16H15N3O4. The Labute approximate surface area is 132 Å². The molecule has 1 aromatic carbocycles. The van der Waals surface area contributed by atoms with Crippen LogP contribution in [0.1, 0.15) is 12.7 Å². The highest BCUT2D eigenvalue weighted by atomic mass is 16.3. The van der Waals surface area contributed by atoms with E-state index in [0.29, 0.717) is 11.4 Å². The van der Waals surface area contributed by atoms with Gasteiger partial charge >= 0.3 is 6.03 Å². The van der Waals surface area contributed by atoms with Crippen LogP contribution >= 0.6 is 0 Å². The Kier molecular flexibility index (Phi) is 3.61. The molecule has 7 nitrogen and oxygen atoms in total. The summed E-state index contributed by atoms with van der Waals surface area (Å²) in [6.07, 6.45) is 1.42. The Hall–Kier alpha value is -3.09. The maximum Gasteiger partial charge on any atom is 0.325 e. The number of furan rings is 1. The van der Waals surface area contributed by atoms with Crippen LogP contribution in [-0.2, 0) is 15.1 Å². The second kappa shape index (κ2) is 5.60. The standard InChI is InChI=1S/C16H15N3O4/c1-16(12-8-5-9-23-12)14(21)19(15(22)18-16)10-13(20)17-11-6-3-2-4-7-11/h2-9H,10H2,1H3,(H,17,20)(H,18,22). The monoisotopic (exact) mass is 313 g/mol. The summed E-state index contributed by atoms with van der Waals surface area (Å²) in [6, 6.07) is 11.4. The minimum Gasteiger partial charge on any atom is -0.466 e. The van der Waals surface area contributed by atoms with Gasteiger partial charge < -0.3 is 15.1 Å². The Balaban J connectivity index is 1.72. The van der Waals surface area contributed by atoms with Gasteiger partial charge in [0.1, 0.15) is 12.3 Å². The van der Waals surface area contributed by atoms with E-state index in [0.717, 1.165) is 4.90 Å². The zero-order valence-corrected chi connectivity index (χ0v) is 12.4. The van der Waals surface area contributed by atoms with Crippen molar-refractivity contribution in [3.8, 4) is 0 Å². The molecule has 2 aromatic rings. The van der Waals surface area contributed by atoms with Crippen molar-refractivity contribution in [3.63, 3.8) is 0 Å². The Morgan fingerprint density at radius 1 is 1.22 bits per heavy atom. The topological polar surface area (TPSA) is 91.7 Å². The molecule has 0 spiro atoms. The van der Waals surface area contributed by atoms with Crippen LogP contribution in [0.25, 0.3) is 0 Å². The summed E-state index contributed by atoms with van der Waals surface area (Å²) < 4.78 is 5.23. The van der Waals surface area contributed by atoms with Gasteiger partial charge in [-0.2, -0.15) is 0 Å². The molecule has 1 aliphatic rings. The van der Waals surface area contributed by atoms with E-state index in [2.05, 4.69) is 10.6 Å². The summed E-state index contributed by atoms with van der Waals surface area (Å²) in [4.78, 5) is 37.5. The molecule has 1 unspecified atom stereocenters. The predicted molar refractivity (Wildman–Crippen MR) is 81.4 cm³/mol. The Morgan fingerprint density at radius 2 is 1.96 bits per heavy atom. The molecule has 0 aliphatic carbocycles. The highest BCUT2D eigenvalue weighted by Crippen LogP contribution is 2.28. The lowest BCUT2D eigenvalue weighted by molar-refractivity contribution is -0.134. The summed E-state index contributed by atoms with van der Waals surface area (Å²) in [7, 11) is 0. The highest BCUT2D eigenvalue weighted by Gasteiger charge is 2.51. The molecule has 4 amide bonds. The van der Waals surface area contributed by atoms with Crippen LogP contribution < -0.4 is 10.6 Å². The number of imide groups is 1. The zero-order valence-electron chi connectivity index (χ0n) is 12.4. The first kappa shape index (κ1) is 14.8. The lowest BCUT2D eigenvalue weighted by atomic mass is 9.99. The maximum absolute atomic E-state index is 12.5. The number of hydrogen-bond acceptors (Lipinski definition) is 4. The van der Waals surface area contributed by atoms with Crippen LogP contribution in [-0.4, -0.2) is 29.3 Å². The van der Waals surface area contributed by atoms with Gasteiger partial charge in [-0.1, -0.05) is 18.2 Å². The number of carbonyl (C=O) groups excluding carboxylic acids is 3. The number of nitrogens with zero attached hydrogens (tertiary/aromatic N) is 1. The van der Waals surface area contributed by atoms with E-state index in [9.17, 15) is 14.4 Å². The van der Waals surface area contributed by atoms with Gasteiger partial charge in [-0.25, -0.2) is 4.79 Å². The van der Waals surface area contributed by atoms with Gasteiger partial charge in [0.05, 0.1) is 6.26 Å². The fraction of sp³-hybridized carbons (Fsp3) is 0.188. The number of rotatable bonds is 4. The third-order valence-corrected chi connectivity index (χ3v) is 3.65. The minimum atomic E-state index is -1.30. The minimum absolute atomic E-state index is 0.321. The van der Waals surface area contributed by atoms with Crippen molar-refractivity contribution in [2.24, 2.45) is 0 Å². The fourth-order valence-electron chi connectivity index (χ4n) is 2.44. The Bertz CT molecular complexity index is 742. The van der Waals surface area contributed by atoms with E-state index >= 15 is 0 Å². The third kappa shape index (κ3) is 2.68. The molecule has 1 atom stereocenters. The van der Waals surface area contributed by atoms with Gasteiger partial charge in [0.25, 0.3) is 5.91 Å². The van der Waals surface area contributed by atoms with Gasteiger partial charge in [-0.15, -0.1) is 0 Å². The van der Waals surface area contributed by atoms with Crippen LogP contribution in [0.4, 0.5) is 10.5 Å². The van der Waals surface area contributed by atoms with Gasteiger partial charge in [-0.3, -0.25) is 14.5 Å². The second-order valence-electron chi connectivity index (χ2n) is 5.34. The van der Waals surface area contributed by atoms with E-state index < -0.39 is 23.4 Å². The molecule has 2 N–H and O–H groups in total. The van der Waals surface area contributed by atoms with Crippen molar-refractivity contribution in [1.29, 1.82) is 0 Å². The number of hydrogen-bond donors (Lipinski definition) is 2. The fourth-order valence-corrected chi connectivity index (χ4v) is 2.44. The first-order valence-corrected chi connectivity index (χ1v) is 7.04. The number of benzene rings is 1. The molecular weight excluding hydrogens is 298 g/mol. The molecule has 0 saturated carbocycles. The normalized spacial score (nSPS) is 20.5. The average Bonchev–Trinajstić information content (AvgIpc) is 3.13.